The van der Waals surface area contributed by atoms with Crippen LogP contribution in [0.3, 0.4) is 0 Å². The number of thiophene rings is 1. The summed E-state index contributed by atoms with van der Waals surface area (Å²) in [5.41, 5.74) is 7.47. The highest BCUT2D eigenvalue weighted by Crippen LogP contribution is 2.39. The zero-order valence-corrected chi connectivity index (χ0v) is 14.8. The molecule has 3 rings (SSSR count). The fourth-order valence-corrected chi connectivity index (χ4v) is 4.92. The van der Waals surface area contributed by atoms with Crippen LogP contribution in [0.5, 0.6) is 0 Å². The molecule has 2 atom stereocenters. The first-order valence-electron chi connectivity index (χ1n) is 7.13. The summed E-state index contributed by atoms with van der Waals surface area (Å²) in [4.78, 5) is 3.75. The number of likely N-dealkylation sites (tertiary alicyclic amines) is 1. The third kappa shape index (κ3) is 3.35. The summed E-state index contributed by atoms with van der Waals surface area (Å²) < 4.78 is 1.78. The molecular formula is C16H18BrClN2S. The Morgan fingerprint density at radius 3 is 2.76 bits per heavy atom. The highest BCUT2D eigenvalue weighted by molar-refractivity contribution is 9.10. The van der Waals surface area contributed by atoms with Crippen LogP contribution in [0.2, 0.25) is 4.34 Å². The van der Waals surface area contributed by atoms with Gasteiger partial charge in [-0.05, 0) is 46.4 Å². The van der Waals surface area contributed by atoms with Gasteiger partial charge in [-0.1, -0.05) is 41.9 Å². The minimum atomic E-state index is 0.271. The average Bonchev–Trinajstić information content (AvgIpc) is 3.10. The predicted octanol–water partition coefficient (Wildman–Crippen LogP) is 4.65. The van der Waals surface area contributed by atoms with E-state index in [0.717, 1.165) is 21.9 Å². The summed E-state index contributed by atoms with van der Waals surface area (Å²) in [7, 11) is 0. The smallest absolute Gasteiger partial charge is 0.107 e. The van der Waals surface area contributed by atoms with E-state index in [2.05, 4.69) is 57.2 Å². The maximum atomic E-state index is 6.17. The van der Waals surface area contributed by atoms with Gasteiger partial charge in [0.05, 0.1) is 6.04 Å². The predicted molar refractivity (Wildman–Crippen MR) is 94.2 cm³/mol. The molecule has 1 saturated heterocycles. The largest absolute Gasteiger partial charge is 0.329 e. The van der Waals surface area contributed by atoms with Crippen molar-refractivity contribution in [1.29, 1.82) is 0 Å². The van der Waals surface area contributed by atoms with Gasteiger partial charge in [-0.15, -0.1) is 11.3 Å². The zero-order chi connectivity index (χ0) is 14.8. The summed E-state index contributed by atoms with van der Waals surface area (Å²) >= 11 is 11.3. The fourth-order valence-electron chi connectivity index (χ4n) is 3.04. The summed E-state index contributed by atoms with van der Waals surface area (Å²) in [6.07, 6.45) is 1.20. The molecule has 2 aromatic rings. The molecular weight excluding hydrogens is 368 g/mol. The van der Waals surface area contributed by atoms with Crippen LogP contribution in [-0.4, -0.2) is 24.5 Å². The molecule has 1 aliphatic heterocycles. The van der Waals surface area contributed by atoms with E-state index >= 15 is 0 Å². The van der Waals surface area contributed by atoms with Gasteiger partial charge in [0.25, 0.3) is 0 Å². The van der Waals surface area contributed by atoms with Crippen molar-refractivity contribution in [3.8, 4) is 0 Å². The van der Waals surface area contributed by atoms with Crippen molar-refractivity contribution in [2.45, 2.75) is 18.4 Å². The van der Waals surface area contributed by atoms with Crippen LogP contribution >= 0.6 is 38.9 Å². The maximum absolute atomic E-state index is 6.17. The van der Waals surface area contributed by atoms with E-state index in [1.807, 2.05) is 0 Å². The number of rotatable bonds is 4. The minimum absolute atomic E-state index is 0.271. The highest BCUT2D eigenvalue weighted by atomic mass is 79.9. The number of nitrogens with two attached hydrogens (primary N) is 1. The molecule has 0 radical (unpaired) electrons. The third-order valence-corrected chi connectivity index (χ3v) is 6.72. The SMILES string of the molecule is NCC(c1cc(Br)c(Cl)s1)N1CCC(c2ccccc2)C1. The van der Waals surface area contributed by atoms with Crippen LogP contribution in [0, 0.1) is 0 Å². The summed E-state index contributed by atoms with van der Waals surface area (Å²) in [5, 5.41) is 0. The van der Waals surface area contributed by atoms with E-state index in [-0.39, 0.29) is 6.04 Å². The van der Waals surface area contributed by atoms with Crippen molar-refractivity contribution in [2.24, 2.45) is 5.73 Å². The molecule has 2 N–H and O–H groups in total. The van der Waals surface area contributed by atoms with Gasteiger partial charge in [-0.3, -0.25) is 4.90 Å². The lowest BCUT2D eigenvalue weighted by molar-refractivity contribution is 0.251. The van der Waals surface area contributed by atoms with Gasteiger partial charge in [0.1, 0.15) is 4.34 Å². The Bertz CT molecular complexity index is 582. The van der Waals surface area contributed by atoms with E-state index in [0.29, 0.717) is 12.5 Å². The van der Waals surface area contributed by atoms with E-state index in [1.165, 1.54) is 16.9 Å². The summed E-state index contributed by atoms with van der Waals surface area (Å²) in [6.45, 7) is 2.79. The van der Waals surface area contributed by atoms with Crippen molar-refractivity contribution in [2.75, 3.05) is 19.6 Å². The molecule has 2 unspecified atom stereocenters. The van der Waals surface area contributed by atoms with Gasteiger partial charge in [0.15, 0.2) is 0 Å². The van der Waals surface area contributed by atoms with Crippen LogP contribution in [0.15, 0.2) is 40.9 Å². The number of halogens is 2. The third-order valence-electron chi connectivity index (χ3n) is 4.15. The molecule has 21 heavy (non-hydrogen) atoms. The molecule has 0 saturated carbocycles. The van der Waals surface area contributed by atoms with Gasteiger partial charge >= 0.3 is 0 Å². The molecule has 5 heteroatoms. The summed E-state index contributed by atoms with van der Waals surface area (Å²) in [5.74, 6) is 0.610. The first kappa shape index (κ1) is 15.5. The Morgan fingerprint density at radius 1 is 1.38 bits per heavy atom. The van der Waals surface area contributed by atoms with Gasteiger partial charge in [0.2, 0.25) is 0 Å². The monoisotopic (exact) mass is 384 g/mol. The first-order valence-corrected chi connectivity index (χ1v) is 9.11. The van der Waals surface area contributed by atoms with Gasteiger partial charge < -0.3 is 5.73 Å². The second kappa shape index (κ2) is 6.80. The zero-order valence-electron chi connectivity index (χ0n) is 11.6. The lowest BCUT2D eigenvalue weighted by Gasteiger charge is -2.25. The first-order chi connectivity index (χ1) is 10.2. The molecule has 1 fully saturated rings. The van der Waals surface area contributed by atoms with Crippen LogP contribution in [0.1, 0.15) is 28.8 Å². The van der Waals surface area contributed by atoms with E-state index in [9.17, 15) is 0 Å². The molecule has 0 amide bonds. The van der Waals surface area contributed by atoms with Crippen LogP contribution in [-0.2, 0) is 0 Å². The highest BCUT2D eigenvalue weighted by Gasteiger charge is 2.30. The second-order valence-electron chi connectivity index (χ2n) is 5.41. The molecule has 1 aromatic heterocycles. The van der Waals surface area contributed by atoms with Gasteiger partial charge in [0, 0.05) is 22.4 Å². The van der Waals surface area contributed by atoms with Gasteiger partial charge in [-0.25, -0.2) is 0 Å². The van der Waals surface area contributed by atoms with Crippen molar-refractivity contribution in [1.82, 2.24) is 4.90 Å². The topological polar surface area (TPSA) is 29.3 Å². The molecule has 2 nitrogen and oxygen atoms in total. The Kier molecular flexibility index (Phi) is 5.02. The molecule has 0 spiro atoms. The van der Waals surface area contributed by atoms with E-state index in [4.69, 9.17) is 17.3 Å². The number of hydrogen-bond donors (Lipinski definition) is 1. The van der Waals surface area contributed by atoms with Crippen molar-refractivity contribution >= 4 is 38.9 Å². The van der Waals surface area contributed by atoms with Crippen LogP contribution in [0.4, 0.5) is 0 Å². The maximum Gasteiger partial charge on any atom is 0.107 e. The lowest BCUT2D eigenvalue weighted by atomic mass is 9.99. The Hall–Kier alpha value is -0.390. The van der Waals surface area contributed by atoms with Crippen LogP contribution in [0.25, 0.3) is 0 Å². The number of hydrogen-bond acceptors (Lipinski definition) is 3. The van der Waals surface area contributed by atoms with Crippen molar-refractivity contribution in [3.63, 3.8) is 0 Å². The molecule has 0 bridgehead atoms. The number of nitrogens with zero attached hydrogens (tertiary/aromatic N) is 1. The molecule has 112 valence electrons. The van der Waals surface area contributed by atoms with E-state index in [1.54, 1.807) is 11.3 Å². The molecule has 1 aliphatic rings. The Labute approximate surface area is 143 Å². The van der Waals surface area contributed by atoms with Gasteiger partial charge in [-0.2, -0.15) is 0 Å². The number of benzene rings is 1. The minimum Gasteiger partial charge on any atom is -0.329 e. The molecule has 1 aromatic carbocycles. The Morgan fingerprint density at radius 2 is 2.14 bits per heavy atom. The average molecular weight is 386 g/mol. The standard InChI is InChI=1S/C16H18BrClN2S/c17-13-8-15(21-16(13)18)14(9-19)20-7-6-12(10-20)11-4-2-1-3-5-11/h1-5,8,12,14H,6-7,9-10,19H2. The molecule has 0 aliphatic carbocycles. The van der Waals surface area contributed by atoms with Crippen molar-refractivity contribution < 1.29 is 0 Å². The molecule has 2 heterocycles. The quantitative estimate of drug-likeness (QED) is 0.830. The Balaban J connectivity index is 1.75. The lowest BCUT2D eigenvalue weighted by Crippen LogP contribution is -2.31. The fraction of sp³-hybridized carbons (Fsp3) is 0.375. The second-order valence-corrected chi connectivity index (χ2v) is 7.95. The van der Waals surface area contributed by atoms with Crippen LogP contribution < -0.4 is 5.73 Å². The van der Waals surface area contributed by atoms with Crippen molar-refractivity contribution in [3.05, 3.63) is 55.6 Å². The normalized spacial score (nSPS) is 20.8. The van der Waals surface area contributed by atoms with E-state index < -0.39 is 0 Å². The summed E-state index contributed by atoms with van der Waals surface area (Å²) in [6, 6.07) is 13.1.